The molecule has 5 heteroatoms. The summed E-state index contributed by atoms with van der Waals surface area (Å²) in [5.74, 6) is 1.60. The maximum atomic E-state index is 11.1. The van der Waals surface area contributed by atoms with Gasteiger partial charge in [0.2, 0.25) is 0 Å². The number of carbonyl (C=O) groups excluding carboxylic acids is 1. The van der Waals surface area contributed by atoms with Crippen LogP contribution in [0.15, 0.2) is 6.07 Å². The van der Waals surface area contributed by atoms with Crippen LogP contribution in [0.1, 0.15) is 28.8 Å². The van der Waals surface area contributed by atoms with Crippen LogP contribution < -0.4 is 14.8 Å². The molecule has 0 aliphatic carbocycles. The summed E-state index contributed by atoms with van der Waals surface area (Å²) in [6, 6.07) is 1.82. The molecule has 1 heterocycles. The summed E-state index contributed by atoms with van der Waals surface area (Å²) in [5, 5.41) is 3.81. The van der Waals surface area contributed by atoms with Gasteiger partial charge in [-0.2, -0.15) is 0 Å². The van der Waals surface area contributed by atoms with Gasteiger partial charge >= 0.3 is 0 Å². The molecular formula is C15H20ClNO3. The fraction of sp³-hybridized carbons (Fsp3) is 0.533. The van der Waals surface area contributed by atoms with Gasteiger partial charge in [0, 0.05) is 0 Å². The predicted molar refractivity (Wildman–Crippen MR) is 79.2 cm³/mol. The van der Waals surface area contributed by atoms with E-state index in [2.05, 4.69) is 5.32 Å². The van der Waals surface area contributed by atoms with Crippen molar-refractivity contribution in [2.45, 2.75) is 19.3 Å². The van der Waals surface area contributed by atoms with E-state index in [0.29, 0.717) is 34.3 Å². The largest absolute Gasteiger partial charge is 0.493 e. The molecule has 1 aromatic rings. The first-order chi connectivity index (χ1) is 9.71. The number of benzene rings is 1. The lowest BCUT2D eigenvalue weighted by Gasteiger charge is -2.24. The van der Waals surface area contributed by atoms with Gasteiger partial charge in [0.05, 0.1) is 24.8 Å². The molecule has 1 saturated heterocycles. The van der Waals surface area contributed by atoms with E-state index in [1.54, 1.807) is 7.11 Å². The third-order valence-electron chi connectivity index (χ3n) is 3.73. The summed E-state index contributed by atoms with van der Waals surface area (Å²) in [6.45, 7) is 2.08. The maximum Gasteiger partial charge on any atom is 0.173 e. The molecule has 0 saturated carbocycles. The van der Waals surface area contributed by atoms with E-state index in [0.717, 1.165) is 25.1 Å². The van der Waals surface area contributed by atoms with Crippen molar-refractivity contribution in [3.05, 3.63) is 22.2 Å². The van der Waals surface area contributed by atoms with Gasteiger partial charge in [-0.05, 0) is 49.9 Å². The van der Waals surface area contributed by atoms with Crippen molar-refractivity contribution in [3.63, 3.8) is 0 Å². The molecule has 0 radical (unpaired) electrons. The SMILES string of the molecule is COc1c(CC2CCCNC2)cc(Cl)c(C=O)c1OC. The molecule has 1 aromatic carbocycles. The van der Waals surface area contributed by atoms with Crippen molar-refractivity contribution in [2.24, 2.45) is 5.92 Å². The third kappa shape index (κ3) is 3.07. The standard InChI is InChI=1S/C15H20ClNO3/c1-19-14-11(6-10-4-3-5-17-8-10)7-13(16)12(9-18)15(14)20-2/h7,9-10,17H,3-6,8H2,1-2H3. The van der Waals surface area contributed by atoms with E-state index in [9.17, 15) is 4.79 Å². The molecule has 4 nitrogen and oxygen atoms in total. The highest BCUT2D eigenvalue weighted by atomic mass is 35.5. The first-order valence-electron chi connectivity index (χ1n) is 6.80. The lowest BCUT2D eigenvalue weighted by atomic mass is 9.91. The molecule has 1 fully saturated rings. The molecule has 20 heavy (non-hydrogen) atoms. The molecule has 0 bridgehead atoms. The van der Waals surface area contributed by atoms with Crippen molar-refractivity contribution in [3.8, 4) is 11.5 Å². The van der Waals surface area contributed by atoms with Gasteiger partial charge in [0.1, 0.15) is 0 Å². The van der Waals surface area contributed by atoms with Gasteiger partial charge in [-0.25, -0.2) is 0 Å². The Bertz CT molecular complexity index is 484. The highest BCUT2D eigenvalue weighted by molar-refractivity contribution is 6.33. The summed E-state index contributed by atoms with van der Waals surface area (Å²) >= 11 is 6.18. The monoisotopic (exact) mass is 297 g/mol. The number of ether oxygens (including phenoxy) is 2. The number of aldehydes is 1. The predicted octanol–water partition coefficient (Wildman–Crippen LogP) is 2.71. The zero-order chi connectivity index (χ0) is 14.5. The number of methoxy groups -OCH3 is 2. The van der Waals surface area contributed by atoms with Crippen LogP contribution in [0.5, 0.6) is 11.5 Å². The van der Waals surface area contributed by atoms with Crippen LogP contribution in [0.2, 0.25) is 5.02 Å². The molecule has 1 N–H and O–H groups in total. The van der Waals surface area contributed by atoms with Crippen LogP contribution in [-0.4, -0.2) is 33.6 Å². The number of hydrogen-bond acceptors (Lipinski definition) is 4. The van der Waals surface area contributed by atoms with E-state index in [4.69, 9.17) is 21.1 Å². The van der Waals surface area contributed by atoms with Crippen LogP contribution in [-0.2, 0) is 6.42 Å². The Morgan fingerprint density at radius 1 is 1.40 bits per heavy atom. The minimum Gasteiger partial charge on any atom is -0.493 e. The van der Waals surface area contributed by atoms with Crippen molar-refractivity contribution in [2.75, 3.05) is 27.3 Å². The highest BCUT2D eigenvalue weighted by Crippen LogP contribution is 2.39. The fourth-order valence-electron chi connectivity index (χ4n) is 2.77. The van der Waals surface area contributed by atoms with E-state index in [1.807, 2.05) is 6.07 Å². The number of rotatable bonds is 5. The Balaban J connectivity index is 2.36. The Kier molecular flexibility index (Phi) is 5.26. The molecule has 2 rings (SSSR count). The quantitative estimate of drug-likeness (QED) is 0.849. The number of piperidine rings is 1. The highest BCUT2D eigenvalue weighted by Gasteiger charge is 2.22. The minimum absolute atomic E-state index is 0.344. The smallest absolute Gasteiger partial charge is 0.173 e. The zero-order valence-corrected chi connectivity index (χ0v) is 12.6. The van der Waals surface area contributed by atoms with Gasteiger partial charge in [0.15, 0.2) is 17.8 Å². The second-order valence-electron chi connectivity index (χ2n) is 5.03. The zero-order valence-electron chi connectivity index (χ0n) is 11.9. The second kappa shape index (κ2) is 6.95. The lowest BCUT2D eigenvalue weighted by molar-refractivity contribution is 0.112. The van der Waals surface area contributed by atoms with E-state index in [-0.39, 0.29) is 0 Å². The first-order valence-corrected chi connectivity index (χ1v) is 7.18. The first kappa shape index (κ1) is 15.1. The van der Waals surface area contributed by atoms with Gasteiger partial charge in [-0.1, -0.05) is 11.6 Å². The number of carbonyl (C=O) groups is 1. The average molecular weight is 298 g/mol. The third-order valence-corrected chi connectivity index (χ3v) is 4.05. The van der Waals surface area contributed by atoms with Gasteiger partial charge in [-0.15, -0.1) is 0 Å². The van der Waals surface area contributed by atoms with E-state index < -0.39 is 0 Å². The molecule has 0 spiro atoms. The molecule has 1 aliphatic heterocycles. The van der Waals surface area contributed by atoms with Crippen molar-refractivity contribution < 1.29 is 14.3 Å². The Morgan fingerprint density at radius 3 is 2.70 bits per heavy atom. The fourth-order valence-corrected chi connectivity index (χ4v) is 3.03. The van der Waals surface area contributed by atoms with Gasteiger partial charge in [-0.3, -0.25) is 4.79 Å². The van der Waals surface area contributed by atoms with E-state index in [1.165, 1.54) is 20.0 Å². The van der Waals surface area contributed by atoms with Crippen molar-refractivity contribution in [1.29, 1.82) is 0 Å². The van der Waals surface area contributed by atoms with Crippen LogP contribution in [0.4, 0.5) is 0 Å². The van der Waals surface area contributed by atoms with Crippen LogP contribution >= 0.6 is 11.6 Å². The number of halogens is 1. The minimum atomic E-state index is 0.344. The molecule has 1 unspecified atom stereocenters. The molecule has 0 aromatic heterocycles. The number of hydrogen-bond donors (Lipinski definition) is 1. The molecular weight excluding hydrogens is 278 g/mol. The lowest BCUT2D eigenvalue weighted by Crippen LogP contribution is -2.30. The molecule has 0 amide bonds. The molecule has 1 atom stereocenters. The average Bonchev–Trinajstić information content (AvgIpc) is 2.47. The summed E-state index contributed by atoms with van der Waals surface area (Å²) in [5.41, 5.74) is 1.34. The molecule has 1 aliphatic rings. The topological polar surface area (TPSA) is 47.6 Å². The number of nitrogens with one attached hydrogen (secondary N) is 1. The summed E-state index contributed by atoms with van der Waals surface area (Å²) < 4.78 is 10.8. The maximum absolute atomic E-state index is 11.1. The van der Waals surface area contributed by atoms with Crippen LogP contribution in [0.25, 0.3) is 0 Å². The van der Waals surface area contributed by atoms with Gasteiger partial charge in [0.25, 0.3) is 0 Å². The second-order valence-corrected chi connectivity index (χ2v) is 5.44. The summed E-state index contributed by atoms with van der Waals surface area (Å²) in [4.78, 5) is 11.1. The normalized spacial score (nSPS) is 18.6. The summed E-state index contributed by atoms with van der Waals surface area (Å²) in [6.07, 6.45) is 3.94. The Labute approximate surface area is 124 Å². The van der Waals surface area contributed by atoms with Crippen LogP contribution in [0.3, 0.4) is 0 Å². The Morgan fingerprint density at radius 2 is 2.15 bits per heavy atom. The van der Waals surface area contributed by atoms with Crippen molar-refractivity contribution >= 4 is 17.9 Å². The van der Waals surface area contributed by atoms with Crippen molar-refractivity contribution in [1.82, 2.24) is 5.32 Å². The van der Waals surface area contributed by atoms with Gasteiger partial charge < -0.3 is 14.8 Å². The van der Waals surface area contributed by atoms with Crippen LogP contribution in [0, 0.1) is 5.92 Å². The summed E-state index contributed by atoms with van der Waals surface area (Å²) in [7, 11) is 3.11. The van der Waals surface area contributed by atoms with E-state index >= 15 is 0 Å². The Hall–Kier alpha value is -1.26. The molecule has 110 valence electrons.